The second-order valence-electron chi connectivity index (χ2n) is 7.18. The number of aromatic nitrogens is 3. The fourth-order valence-electron chi connectivity index (χ4n) is 3.01. The van der Waals surface area contributed by atoms with Crippen molar-refractivity contribution in [3.05, 3.63) is 40.7 Å². The third-order valence-electron chi connectivity index (χ3n) is 4.63. The summed E-state index contributed by atoms with van der Waals surface area (Å²) in [4.78, 5) is 20.0. The van der Waals surface area contributed by atoms with Crippen LogP contribution in [-0.2, 0) is 11.2 Å². The zero-order chi connectivity index (χ0) is 24.0. The summed E-state index contributed by atoms with van der Waals surface area (Å²) in [7, 11) is 1.45. The number of aryl methyl sites for hydroxylation is 2. The predicted octanol–water partition coefficient (Wildman–Crippen LogP) is 2.18. The first-order valence-corrected chi connectivity index (χ1v) is 10.6. The number of pyridine rings is 1. The zero-order valence-electron chi connectivity index (χ0n) is 18.5. The summed E-state index contributed by atoms with van der Waals surface area (Å²) >= 11 is 6.40. The van der Waals surface area contributed by atoms with Crippen LogP contribution in [0.2, 0.25) is 5.02 Å². The van der Waals surface area contributed by atoms with Crippen molar-refractivity contribution in [2.24, 2.45) is 0 Å². The Morgan fingerprint density at radius 1 is 1.24 bits per heavy atom. The maximum absolute atomic E-state index is 11.1. The first-order valence-electron chi connectivity index (χ1n) is 10.2. The lowest BCUT2D eigenvalue weighted by atomic mass is 10.1. The zero-order valence-corrected chi connectivity index (χ0v) is 19.2. The first-order chi connectivity index (χ1) is 15.8. The SMILES string of the molecule is CCc1cc(-c2nc(-c3cc(Cl)c(OCC(O)CNC(=O)CO)c(OC)c3)no2)cc(C)n1. The van der Waals surface area contributed by atoms with Gasteiger partial charge >= 0.3 is 0 Å². The fraction of sp³-hybridized carbons (Fsp3) is 0.364. The molecule has 0 saturated carbocycles. The maximum atomic E-state index is 11.1. The topological polar surface area (TPSA) is 140 Å². The molecule has 1 atom stereocenters. The summed E-state index contributed by atoms with van der Waals surface area (Å²) in [6.45, 7) is 3.02. The highest BCUT2D eigenvalue weighted by Gasteiger charge is 2.19. The number of nitrogens with zero attached hydrogens (tertiary/aromatic N) is 3. The van der Waals surface area contributed by atoms with Crippen LogP contribution in [0.1, 0.15) is 18.3 Å². The van der Waals surface area contributed by atoms with E-state index in [9.17, 15) is 9.90 Å². The lowest BCUT2D eigenvalue weighted by molar-refractivity contribution is -0.124. The van der Waals surface area contributed by atoms with Crippen molar-refractivity contribution in [2.75, 3.05) is 26.9 Å². The predicted molar refractivity (Wildman–Crippen MR) is 120 cm³/mol. The molecule has 33 heavy (non-hydrogen) atoms. The van der Waals surface area contributed by atoms with Crippen LogP contribution >= 0.6 is 11.6 Å². The molecule has 0 aliphatic rings. The van der Waals surface area contributed by atoms with E-state index in [0.29, 0.717) is 23.0 Å². The van der Waals surface area contributed by atoms with Crippen LogP contribution < -0.4 is 14.8 Å². The number of methoxy groups -OCH3 is 1. The number of carbonyl (C=O) groups excluding carboxylic acids is 1. The molecule has 176 valence electrons. The number of nitrogens with one attached hydrogen (secondary N) is 1. The van der Waals surface area contributed by atoms with Gasteiger partial charge in [-0.05, 0) is 37.6 Å². The number of amides is 1. The molecule has 1 aromatic carbocycles. The molecular formula is C22H25ClN4O6. The Labute approximate surface area is 195 Å². The maximum Gasteiger partial charge on any atom is 0.258 e. The van der Waals surface area contributed by atoms with Crippen molar-refractivity contribution in [2.45, 2.75) is 26.4 Å². The van der Waals surface area contributed by atoms with Crippen LogP contribution in [0.4, 0.5) is 0 Å². The van der Waals surface area contributed by atoms with E-state index < -0.39 is 18.6 Å². The molecule has 3 aromatic rings. The minimum absolute atomic E-state index is 0.0860. The van der Waals surface area contributed by atoms with Crippen molar-refractivity contribution < 1.29 is 29.0 Å². The minimum Gasteiger partial charge on any atom is -0.493 e. The summed E-state index contributed by atoms with van der Waals surface area (Å²) in [5.41, 5.74) is 3.11. The van der Waals surface area contributed by atoms with E-state index in [1.165, 1.54) is 7.11 Å². The number of rotatable bonds is 10. The molecule has 0 saturated heterocycles. The van der Waals surface area contributed by atoms with Gasteiger partial charge in [0.1, 0.15) is 19.3 Å². The van der Waals surface area contributed by atoms with Gasteiger partial charge < -0.3 is 29.5 Å². The highest BCUT2D eigenvalue weighted by Crippen LogP contribution is 2.39. The van der Waals surface area contributed by atoms with Crippen LogP contribution in [0.25, 0.3) is 22.8 Å². The lowest BCUT2D eigenvalue weighted by Crippen LogP contribution is -2.36. The van der Waals surface area contributed by atoms with E-state index in [0.717, 1.165) is 23.4 Å². The average Bonchev–Trinajstić information content (AvgIpc) is 3.31. The van der Waals surface area contributed by atoms with Crippen molar-refractivity contribution in [3.8, 4) is 34.3 Å². The van der Waals surface area contributed by atoms with Gasteiger partial charge in [-0.3, -0.25) is 9.78 Å². The number of aliphatic hydroxyl groups is 2. The molecule has 0 fully saturated rings. The monoisotopic (exact) mass is 476 g/mol. The van der Waals surface area contributed by atoms with Gasteiger partial charge in [-0.15, -0.1) is 0 Å². The molecule has 1 amide bonds. The number of carbonyl (C=O) groups is 1. The van der Waals surface area contributed by atoms with Gasteiger partial charge in [0.25, 0.3) is 5.89 Å². The van der Waals surface area contributed by atoms with E-state index in [-0.39, 0.29) is 23.9 Å². The highest BCUT2D eigenvalue weighted by atomic mass is 35.5. The summed E-state index contributed by atoms with van der Waals surface area (Å²) in [5.74, 6) is 0.603. The number of ether oxygens (including phenoxy) is 2. The Morgan fingerprint density at radius 2 is 2.03 bits per heavy atom. The number of hydrogen-bond donors (Lipinski definition) is 3. The van der Waals surface area contributed by atoms with Crippen molar-refractivity contribution in [3.63, 3.8) is 0 Å². The van der Waals surface area contributed by atoms with E-state index in [1.807, 2.05) is 26.0 Å². The average molecular weight is 477 g/mol. The van der Waals surface area contributed by atoms with E-state index in [2.05, 4.69) is 20.4 Å². The van der Waals surface area contributed by atoms with Gasteiger partial charge in [0.2, 0.25) is 11.7 Å². The molecule has 1 unspecified atom stereocenters. The Bertz CT molecular complexity index is 1120. The molecule has 11 heteroatoms. The van der Waals surface area contributed by atoms with Gasteiger partial charge in [-0.2, -0.15) is 4.98 Å². The number of benzene rings is 1. The third kappa shape index (κ3) is 6.19. The third-order valence-corrected chi connectivity index (χ3v) is 4.91. The molecule has 2 aromatic heterocycles. The smallest absolute Gasteiger partial charge is 0.258 e. The van der Waals surface area contributed by atoms with Gasteiger partial charge in [-0.1, -0.05) is 23.7 Å². The molecule has 2 heterocycles. The molecule has 3 rings (SSSR count). The largest absolute Gasteiger partial charge is 0.493 e. The second-order valence-corrected chi connectivity index (χ2v) is 7.59. The second kappa shape index (κ2) is 11.1. The minimum atomic E-state index is -1.02. The summed E-state index contributed by atoms with van der Waals surface area (Å²) in [5, 5.41) is 25.3. The Kier molecular flexibility index (Phi) is 8.21. The van der Waals surface area contributed by atoms with Crippen LogP contribution in [0.3, 0.4) is 0 Å². The molecule has 0 aliphatic heterocycles. The summed E-state index contributed by atoms with van der Waals surface area (Å²) in [6.07, 6.45) is -0.232. The van der Waals surface area contributed by atoms with Gasteiger partial charge in [-0.25, -0.2) is 0 Å². The molecule has 0 spiro atoms. The summed E-state index contributed by atoms with van der Waals surface area (Å²) in [6, 6.07) is 7.02. The van der Waals surface area contributed by atoms with E-state index >= 15 is 0 Å². The van der Waals surface area contributed by atoms with Crippen LogP contribution in [0.5, 0.6) is 11.5 Å². The van der Waals surface area contributed by atoms with Crippen molar-refractivity contribution in [1.29, 1.82) is 0 Å². The van der Waals surface area contributed by atoms with Crippen molar-refractivity contribution >= 4 is 17.5 Å². The first kappa shape index (κ1) is 24.4. The van der Waals surface area contributed by atoms with E-state index in [4.69, 9.17) is 30.7 Å². The number of aliphatic hydroxyl groups excluding tert-OH is 2. The molecule has 0 aliphatic carbocycles. The normalized spacial score (nSPS) is 11.8. The van der Waals surface area contributed by atoms with Gasteiger partial charge in [0.15, 0.2) is 11.5 Å². The Morgan fingerprint density at radius 3 is 2.73 bits per heavy atom. The molecular weight excluding hydrogens is 452 g/mol. The fourth-order valence-corrected chi connectivity index (χ4v) is 3.28. The molecule has 0 radical (unpaired) electrons. The summed E-state index contributed by atoms with van der Waals surface area (Å²) < 4.78 is 16.4. The number of hydrogen-bond acceptors (Lipinski definition) is 9. The molecule has 10 nitrogen and oxygen atoms in total. The van der Waals surface area contributed by atoms with E-state index in [1.54, 1.807) is 12.1 Å². The van der Waals surface area contributed by atoms with Crippen LogP contribution in [-0.4, -0.2) is 64.2 Å². The Hall–Kier alpha value is -3.21. The number of halogens is 1. The molecule has 3 N–H and O–H groups in total. The van der Waals surface area contributed by atoms with Crippen LogP contribution in [0, 0.1) is 6.92 Å². The quantitative estimate of drug-likeness (QED) is 0.401. The van der Waals surface area contributed by atoms with Crippen molar-refractivity contribution in [1.82, 2.24) is 20.4 Å². The van der Waals surface area contributed by atoms with Crippen LogP contribution in [0.15, 0.2) is 28.8 Å². The van der Waals surface area contributed by atoms with Gasteiger partial charge in [0.05, 0.1) is 12.1 Å². The highest BCUT2D eigenvalue weighted by molar-refractivity contribution is 6.32. The Balaban J connectivity index is 1.79. The standard InChI is InChI=1S/C22H25ClN4O6/c1-4-15-6-14(5-12(2)25-15)22-26-21(27-33-22)13-7-17(23)20(18(8-13)31-3)32-11-16(29)9-24-19(30)10-28/h5-8,16,28-29H,4,9-11H2,1-3H3,(H,24,30). The van der Waals surface area contributed by atoms with Gasteiger partial charge in [0, 0.05) is 29.1 Å². The molecule has 0 bridgehead atoms. The lowest BCUT2D eigenvalue weighted by Gasteiger charge is -2.16.